The van der Waals surface area contributed by atoms with E-state index in [1.54, 1.807) is 0 Å². The van der Waals surface area contributed by atoms with E-state index >= 15 is 0 Å². The number of amidine groups is 1. The van der Waals surface area contributed by atoms with Crippen molar-refractivity contribution in [2.24, 2.45) is 11.3 Å². The first-order valence-electron chi connectivity index (χ1n) is 5.42. The lowest BCUT2D eigenvalue weighted by Gasteiger charge is -2.42. The average Bonchev–Trinajstić information content (AvgIpc) is 2.20. The van der Waals surface area contributed by atoms with E-state index in [2.05, 4.69) is 26.1 Å². The fraction of sp³-hybridized carbons (Fsp3) is 0.818. The maximum absolute atomic E-state index is 11.8. The van der Waals surface area contributed by atoms with E-state index in [0.717, 1.165) is 12.8 Å². The van der Waals surface area contributed by atoms with Crippen LogP contribution >= 0.6 is 0 Å². The van der Waals surface area contributed by atoms with Crippen LogP contribution in [0.15, 0.2) is 0 Å². The Morgan fingerprint density at radius 2 is 2.13 bits per heavy atom. The smallest absolute Gasteiger partial charge is 0.289 e. The molecule has 2 unspecified atom stereocenters. The van der Waals surface area contributed by atoms with Crippen molar-refractivity contribution in [3.63, 3.8) is 0 Å². The number of amides is 1. The van der Waals surface area contributed by atoms with Gasteiger partial charge in [0.1, 0.15) is 0 Å². The van der Waals surface area contributed by atoms with E-state index in [0.29, 0.717) is 12.3 Å². The van der Waals surface area contributed by atoms with Gasteiger partial charge in [-0.3, -0.25) is 15.5 Å². The van der Waals surface area contributed by atoms with Gasteiger partial charge in [-0.2, -0.15) is 0 Å². The molecular formula is C11H18N2O2. The molecule has 0 radical (unpaired) electrons. The number of carbonyl (C=O) groups is 1. The largest absolute Gasteiger partial charge is 0.448 e. The van der Waals surface area contributed by atoms with E-state index in [-0.39, 0.29) is 17.3 Å². The molecule has 2 fully saturated rings. The Bertz CT molecular complexity index is 325. The van der Waals surface area contributed by atoms with Crippen molar-refractivity contribution < 1.29 is 9.53 Å². The Morgan fingerprint density at radius 1 is 1.47 bits per heavy atom. The Morgan fingerprint density at radius 3 is 2.60 bits per heavy atom. The van der Waals surface area contributed by atoms with E-state index in [1.165, 1.54) is 0 Å². The molecule has 0 bridgehead atoms. The van der Waals surface area contributed by atoms with Gasteiger partial charge in [-0.15, -0.1) is 0 Å². The highest BCUT2D eigenvalue weighted by Crippen LogP contribution is 2.46. The number of hydrogen-bond acceptors (Lipinski definition) is 3. The second-order valence-electron chi connectivity index (χ2n) is 5.73. The van der Waals surface area contributed by atoms with Gasteiger partial charge >= 0.3 is 0 Å². The van der Waals surface area contributed by atoms with Gasteiger partial charge in [0.15, 0.2) is 5.60 Å². The number of hydrogen-bond donors (Lipinski definition) is 2. The topological polar surface area (TPSA) is 62.2 Å². The first-order chi connectivity index (χ1) is 6.83. The fourth-order valence-corrected chi connectivity index (χ4v) is 3.23. The summed E-state index contributed by atoms with van der Waals surface area (Å²) in [6, 6.07) is -0.0927. The minimum absolute atomic E-state index is 0.0927. The highest BCUT2D eigenvalue weighted by molar-refractivity contribution is 6.03. The molecule has 2 N–H and O–H groups in total. The predicted octanol–water partition coefficient (Wildman–Crippen LogP) is 1.65. The molecule has 1 saturated heterocycles. The average molecular weight is 210 g/mol. The molecule has 2 rings (SSSR count). The summed E-state index contributed by atoms with van der Waals surface area (Å²) in [7, 11) is 0. The number of ether oxygens (including phenoxy) is 1. The van der Waals surface area contributed by atoms with E-state index < -0.39 is 5.60 Å². The predicted molar refractivity (Wildman–Crippen MR) is 56.5 cm³/mol. The Labute approximate surface area is 89.9 Å². The van der Waals surface area contributed by atoms with Crippen LogP contribution < -0.4 is 5.32 Å². The zero-order valence-electron chi connectivity index (χ0n) is 9.52. The molecule has 4 nitrogen and oxygen atoms in total. The number of nitrogens with one attached hydrogen (secondary N) is 2. The summed E-state index contributed by atoms with van der Waals surface area (Å²) in [5, 5.41) is 9.84. The lowest BCUT2D eigenvalue weighted by atomic mass is 9.65. The maximum atomic E-state index is 11.8. The summed E-state index contributed by atoms with van der Waals surface area (Å²) in [5.41, 5.74) is -0.655. The van der Waals surface area contributed by atoms with Crippen molar-refractivity contribution in [1.82, 2.24) is 5.32 Å². The van der Waals surface area contributed by atoms with Crippen LogP contribution in [0.4, 0.5) is 0 Å². The molecule has 1 aliphatic heterocycles. The van der Waals surface area contributed by atoms with Gasteiger partial charge in [0.05, 0.1) is 0 Å². The Kier molecular flexibility index (Phi) is 2.07. The van der Waals surface area contributed by atoms with Gasteiger partial charge in [-0.25, -0.2) is 0 Å². The van der Waals surface area contributed by atoms with Crippen molar-refractivity contribution in [1.29, 1.82) is 5.41 Å². The molecule has 1 saturated carbocycles. The van der Waals surface area contributed by atoms with E-state index in [1.807, 2.05) is 0 Å². The molecule has 2 atom stereocenters. The molecule has 4 heteroatoms. The zero-order chi connectivity index (χ0) is 11.3. The lowest BCUT2D eigenvalue weighted by Crippen LogP contribution is -2.48. The van der Waals surface area contributed by atoms with Crippen LogP contribution in [0.1, 0.15) is 40.0 Å². The van der Waals surface area contributed by atoms with Crippen LogP contribution in [-0.2, 0) is 9.53 Å². The summed E-state index contributed by atoms with van der Waals surface area (Å²) in [6.45, 7) is 6.45. The zero-order valence-corrected chi connectivity index (χ0v) is 9.52. The Hall–Kier alpha value is -1.06. The number of carbonyl (C=O) groups excluding carboxylic acids is 1. The molecule has 0 aromatic carbocycles. The van der Waals surface area contributed by atoms with Crippen molar-refractivity contribution >= 4 is 11.9 Å². The molecule has 0 aromatic heterocycles. The number of rotatable bonds is 0. The molecule has 84 valence electrons. The van der Waals surface area contributed by atoms with Crippen molar-refractivity contribution in [3.05, 3.63) is 0 Å². The second-order valence-corrected chi connectivity index (χ2v) is 5.73. The van der Waals surface area contributed by atoms with Crippen molar-refractivity contribution in [3.8, 4) is 0 Å². The monoisotopic (exact) mass is 210 g/mol. The van der Waals surface area contributed by atoms with Gasteiger partial charge in [0.2, 0.25) is 0 Å². The maximum Gasteiger partial charge on any atom is 0.289 e. The molecule has 2 aliphatic rings. The molecule has 1 aliphatic carbocycles. The summed E-state index contributed by atoms with van der Waals surface area (Å²) in [6.07, 6.45) is 2.54. The van der Waals surface area contributed by atoms with Gasteiger partial charge in [0.25, 0.3) is 11.9 Å². The normalized spacial score (nSPS) is 39.0. The van der Waals surface area contributed by atoms with Gasteiger partial charge < -0.3 is 4.74 Å². The minimum atomic E-state index is -0.766. The molecule has 1 heterocycles. The first-order valence-corrected chi connectivity index (χ1v) is 5.42. The van der Waals surface area contributed by atoms with Crippen LogP contribution in [0, 0.1) is 16.7 Å². The highest BCUT2D eigenvalue weighted by atomic mass is 16.5. The summed E-state index contributed by atoms with van der Waals surface area (Å²) >= 11 is 0. The van der Waals surface area contributed by atoms with E-state index in [9.17, 15) is 4.79 Å². The Balaban J connectivity index is 2.28. The van der Waals surface area contributed by atoms with Crippen LogP contribution in [0.2, 0.25) is 0 Å². The molecule has 15 heavy (non-hydrogen) atoms. The summed E-state index contributed by atoms with van der Waals surface area (Å²) in [5.74, 6) is 0.331. The molecular weight excluding hydrogens is 192 g/mol. The first kappa shape index (κ1) is 10.5. The second kappa shape index (κ2) is 2.97. The fourth-order valence-electron chi connectivity index (χ4n) is 3.23. The van der Waals surface area contributed by atoms with Crippen LogP contribution in [-0.4, -0.2) is 17.5 Å². The third-order valence-electron chi connectivity index (χ3n) is 3.28. The third kappa shape index (κ3) is 1.73. The van der Waals surface area contributed by atoms with Crippen molar-refractivity contribution in [2.75, 3.05) is 0 Å². The molecule has 0 aromatic rings. The summed E-state index contributed by atoms with van der Waals surface area (Å²) < 4.78 is 5.43. The SMILES string of the molecule is CC1CC(C)(C)CC2(C1)OC(=N)NC2=O. The highest BCUT2D eigenvalue weighted by Gasteiger charge is 2.54. The third-order valence-corrected chi connectivity index (χ3v) is 3.28. The van der Waals surface area contributed by atoms with Gasteiger partial charge in [-0.1, -0.05) is 20.8 Å². The quantitative estimate of drug-likeness (QED) is 0.638. The van der Waals surface area contributed by atoms with Crippen molar-refractivity contribution in [2.45, 2.75) is 45.6 Å². The summed E-state index contributed by atoms with van der Waals surface area (Å²) in [4.78, 5) is 11.8. The van der Waals surface area contributed by atoms with Crippen LogP contribution in [0.25, 0.3) is 0 Å². The molecule has 1 spiro atoms. The standard InChI is InChI=1S/C11H18N2O2/c1-7-4-10(2,3)6-11(5-7)8(14)13-9(12)15-11/h7H,4-6H2,1-3H3,(H2,12,13,14). The van der Waals surface area contributed by atoms with Gasteiger partial charge in [-0.05, 0) is 24.2 Å². The van der Waals surface area contributed by atoms with Crippen LogP contribution in [0.5, 0.6) is 0 Å². The lowest BCUT2D eigenvalue weighted by molar-refractivity contribution is -0.139. The molecule has 1 amide bonds. The van der Waals surface area contributed by atoms with E-state index in [4.69, 9.17) is 10.1 Å². The van der Waals surface area contributed by atoms with Gasteiger partial charge in [0, 0.05) is 6.42 Å². The minimum Gasteiger partial charge on any atom is -0.448 e. The van der Waals surface area contributed by atoms with Crippen LogP contribution in [0.3, 0.4) is 0 Å².